The summed E-state index contributed by atoms with van der Waals surface area (Å²) in [6, 6.07) is 12.7. The van der Waals surface area contributed by atoms with E-state index in [0.29, 0.717) is 5.92 Å². The Morgan fingerprint density at radius 1 is 1.03 bits per heavy atom. The fraction of sp³-hybridized carbons (Fsp3) is 0.357. The van der Waals surface area contributed by atoms with Crippen LogP contribution in [0.4, 0.5) is 0 Å². The highest BCUT2D eigenvalue weighted by Crippen LogP contribution is 2.47. The van der Waals surface area contributed by atoms with E-state index in [9.17, 15) is 4.79 Å². The molecule has 2 N–H and O–H groups in total. The Kier molecular flexibility index (Phi) is 4.31. The van der Waals surface area contributed by atoms with Gasteiger partial charge in [0.25, 0.3) is 0 Å². The maximum Gasteiger partial charge on any atom is 0.150 e. The lowest BCUT2D eigenvalue weighted by molar-refractivity contribution is 0.112. The summed E-state index contributed by atoms with van der Waals surface area (Å²) in [5, 5.41) is 0. The molecule has 1 atom stereocenters. The second-order valence-electron chi connectivity index (χ2n) is 10.2. The van der Waals surface area contributed by atoms with E-state index in [1.165, 1.54) is 24.0 Å². The molecule has 3 aliphatic rings. The van der Waals surface area contributed by atoms with Gasteiger partial charge < -0.3 is 10.3 Å². The van der Waals surface area contributed by atoms with Crippen LogP contribution in [-0.4, -0.2) is 25.8 Å². The van der Waals surface area contributed by atoms with Crippen molar-refractivity contribution in [3.8, 4) is 11.1 Å². The summed E-state index contributed by atoms with van der Waals surface area (Å²) in [4.78, 5) is 26.2. The summed E-state index contributed by atoms with van der Waals surface area (Å²) in [5.74, 6) is 2.43. The molecule has 3 heterocycles. The molecule has 1 aliphatic heterocycles. The number of hydrogen-bond donors (Lipinski definition) is 1. The summed E-state index contributed by atoms with van der Waals surface area (Å²) >= 11 is 0. The van der Waals surface area contributed by atoms with E-state index in [1.807, 2.05) is 24.5 Å². The van der Waals surface area contributed by atoms with Gasteiger partial charge in [-0.2, -0.15) is 0 Å². The third-order valence-electron chi connectivity index (χ3n) is 8.04. The number of fused-ring (bicyclic) bond motifs is 3. The SMILES string of the molecule is NC1(c2ncc(-c3ccc4nc5n(c4c3)[C@@H](c3c(C=O)cccc3C3CC3)CC5)cn2)CCC1. The van der Waals surface area contributed by atoms with Crippen molar-refractivity contribution in [1.82, 2.24) is 19.5 Å². The molecule has 2 aromatic carbocycles. The van der Waals surface area contributed by atoms with Crippen LogP contribution < -0.4 is 5.73 Å². The molecule has 0 radical (unpaired) electrons. The Labute approximate surface area is 198 Å². The molecule has 0 saturated heterocycles. The molecule has 2 aliphatic carbocycles. The molecule has 0 unspecified atom stereocenters. The zero-order valence-electron chi connectivity index (χ0n) is 19.1. The topological polar surface area (TPSA) is 86.7 Å². The fourth-order valence-corrected chi connectivity index (χ4v) is 5.87. The second kappa shape index (κ2) is 7.31. The Morgan fingerprint density at radius 2 is 1.85 bits per heavy atom. The minimum atomic E-state index is -0.354. The number of rotatable bonds is 5. The minimum absolute atomic E-state index is 0.140. The van der Waals surface area contributed by atoms with Crippen LogP contribution in [0.2, 0.25) is 0 Å². The average Bonchev–Trinajstić information content (AvgIpc) is 3.53. The minimum Gasteiger partial charge on any atom is -0.320 e. The molecule has 0 spiro atoms. The summed E-state index contributed by atoms with van der Waals surface area (Å²) in [7, 11) is 0. The molecular formula is C28H27N5O. The van der Waals surface area contributed by atoms with Crippen LogP contribution in [0.5, 0.6) is 0 Å². The number of carbonyl (C=O) groups is 1. The van der Waals surface area contributed by atoms with Gasteiger partial charge >= 0.3 is 0 Å². The standard InChI is InChI=1S/C28H27N5O/c29-28(11-2-12-28)27-30-14-20(15-31-27)18-7-8-22-24(13-18)33-23(9-10-25(33)32-22)26-19(16-34)3-1-4-21(26)17-5-6-17/h1,3-4,7-8,13-17,23H,2,5-6,9-12,29H2/t23-/m1/s1. The smallest absolute Gasteiger partial charge is 0.150 e. The maximum absolute atomic E-state index is 12.0. The zero-order chi connectivity index (χ0) is 22.9. The van der Waals surface area contributed by atoms with Gasteiger partial charge in [0.15, 0.2) is 0 Å². The van der Waals surface area contributed by atoms with Crippen LogP contribution in [0.15, 0.2) is 48.8 Å². The van der Waals surface area contributed by atoms with Gasteiger partial charge in [-0.25, -0.2) is 15.0 Å². The number of aldehydes is 1. The number of nitrogens with two attached hydrogens (primary N) is 1. The van der Waals surface area contributed by atoms with E-state index in [2.05, 4.69) is 38.8 Å². The average molecular weight is 450 g/mol. The van der Waals surface area contributed by atoms with Crippen molar-refractivity contribution < 1.29 is 4.79 Å². The predicted octanol–water partition coefficient (Wildman–Crippen LogP) is 5.06. The van der Waals surface area contributed by atoms with Crippen molar-refractivity contribution in [2.75, 3.05) is 0 Å². The van der Waals surface area contributed by atoms with Gasteiger partial charge in [-0.15, -0.1) is 0 Å². The Morgan fingerprint density at radius 3 is 2.56 bits per heavy atom. The largest absolute Gasteiger partial charge is 0.320 e. The van der Waals surface area contributed by atoms with Crippen LogP contribution in [0.25, 0.3) is 22.2 Å². The van der Waals surface area contributed by atoms with Crippen LogP contribution in [0, 0.1) is 0 Å². The number of aromatic nitrogens is 4. The predicted molar refractivity (Wildman–Crippen MR) is 131 cm³/mol. The van der Waals surface area contributed by atoms with E-state index >= 15 is 0 Å². The monoisotopic (exact) mass is 449 g/mol. The molecule has 2 aromatic heterocycles. The molecule has 2 saturated carbocycles. The summed E-state index contributed by atoms with van der Waals surface area (Å²) in [6.45, 7) is 0. The molecule has 6 heteroatoms. The zero-order valence-corrected chi connectivity index (χ0v) is 19.1. The highest BCUT2D eigenvalue weighted by molar-refractivity contribution is 5.84. The number of hydrogen-bond acceptors (Lipinski definition) is 5. The Bertz CT molecular complexity index is 1430. The van der Waals surface area contributed by atoms with Crippen LogP contribution in [-0.2, 0) is 12.0 Å². The molecule has 6 nitrogen and oxygen atoms in total. The number of carbonyl (C=O) groups excluding carboxylic acids is 1. The fourth-order valence-electron chi connectivity index (χ4n) is 5.87. The van der Waals surface area contributed by atoms with Crippen molar-refractivity contribution in [2.45, 2.75) is 62.4 Å². The molecular weight excluding hydrogens is 422 g/mol. The first-order valence-corrected chi connectivity index (χ1v) is 12.4. The first kappa shape index (κ1) is 20.0. The third-order valence-corrected chi connectivity index (χ3v) is 8.04. The van der Waals surface area contributed by atoms with Gasteiger partial charge in [0.05, 0.1) is 22.6 Å². The van der Waals surface area contributed by atoms with Crippen LogP contribution >= 0.6 is 0 Å². The molecule has 170 valence electrons. The number of imidazole rings is 1. The van der Waals surface area contributed by atoms with E-state index in [4.69, 9.17) is 10.7 Å². The summed E-state index contributed by atoms with van der Waals surface area (Å²) in [6.07, 6.45) is 12.2. The van der Waals surface area contributed by atoms with Crippen molar-refractivity contribution in [3.05, 3.63) is 77.1 Å². The van der Waals surface area contributed by atoms with Crippen molar-refractivity contribution in [3.63, 3.8) is 0 Å². The normalized spacial score (nSPS) is 20.8. The molecule has 34 heavy (non-hydrogen) atoms. The van der Waals surface area contributed by atoms with Crippen molar-refractivity contribution in [1.29, 1.82) is 0 Å². The van der Waals surface area contributed by atoms with Gasteiger partial charge in [0, 0.05) is 29.9 Å². The Hall–Kier alpha value is -3.38. The van der Waals surface area contributed by atoms with Gasteiger partial charge in [-0.05, 0) is 73.3 Å². The lowest BCUT2D eigenvalue weighted by Gasteiger charge is -2.36. The summed E-state index contributed by atoms with van der Waals surface area (Å²) < 4.78 is 2.37. The van der Waals surface area contributed by atoms with E-state index in [-0.39, 0.29) is 11.6 Å². The first-order chi connectivity index (χ1) is 16.6. The van der Waals surface area contributed by atoms with Gasteiger partial charge in [-0.3, -0.25) is 4.79 Å². The van der Waals surface area contributed by atoms with E-state index < -0.39 is 0 Å². The molecule has 4 aromatic rings. The lowest BCUT2D eigenvalue weighted by Crippen LogP contribution is -2.44. The highest BCUT2D eigenvalue weighted by atomic mass is 16.1. The van der Waals surface area contributed by atoms with Gasteiger partial charge in [0.1, 0.15) is 17.9 Å². The molecule has 0 amide bonds. The number of benzene rings is 2. The quantitative estimate of drug-likeness (QED) is 0.431. The van der Waals surface area contributed by atoms with Gasteiger partial charge in [-0.1, -0.05) is 24.3 Å². The first-order valence-electron chi connectivity index (χ1n) is 12.4. The number of aryl methyl sites for hydroxylation is 1. The number of nitrogens with zero attached hydrogens (tertiary/aromatic N) is 4. The van der Waals surface area contributed by atoms with E-state index in [1.54, 1.807) is 0 Å². The van der Waals surface area contributed by atoms with Crippen LogP contribution in [0.1, 0.15) is 83.6 Å². The third kappa shape index (κ3) is 2.98. The molecule has 2 fully saturated rings. The van der Waals surface area contributed by atoms with Crippen molar-refractivity contribution >= 4 is 17.3 Å². The van der Waals surface area contributed by atoms with Crippen molar-refractivity contribution in [2.24, 2.45) is 5.73 Å². The maximum atomic E-state index is 12.0. The van der Waals surface area contributed by atoms with Crippen LogP contribution in [0.3, 0.4) is 0 Å². The summed E-state index contributed by atoms with van der Waals surface area (Å²) in [5.41, 5.74) is 13.6. The lowest BCUT2D eigenvalue weighted by atomic mass is 9.77. The highest BCUT2D eigenvalue weighted by Gasteiger charge is 2.37. The van der Waals surface area contributed by atoms with Gasteiger partial charge in [0.2, 0.25) is 0 Å². The molecule has 0 bridgehead atoms. The Balaban J connectivity index is 1.32. The van der Waals surface area contributed by atoms with E-state index in [0.717, 1.165) is 77.8 Å². The molecule has 7 rings (SSSR count). The second-order valence-corrected chi connectivity index (χ2v) is 10.2.